The highest BCUT2D eigenvalue weighted by Crippen LogP contribution is 2.36. The van der Waals surface area contributed by atoms with Crippen LogP contribution in [0.1, 0.15) is 12.8 Å². The summed E-state index contributed by atoms with van der Waals surface area (Å²) in [6.07, 6.45) is 4.36. The number of carbonyl (C=O) groups is 1. The van der Waals surface area contributed by atoms with Crippen molar-refractivity contribution in [1.29, 1.82) is 0 Å². The molecule has 8 heteroatoms. The third kappa shape index (κ3) is 5.11. The molecule has 0 aliphatic heterocycles. The van der Waals surface area contributed by atoms with E-state index in [1.165, 1.54) is 12.1 Å². The Balaban J connectivity index is 1.78. The molecule has 0 spiro atoms. The van der Waals surface area contributed by atoms with E-state index in [4.69, 9.17) is 14.7 Å². The first-order valence-electron chi connectivity index (χ1n) is 11.0. The molecular weight excluding hydrogens is 433 g/mol. The second-order valence-electron chi connectivity index (χ2n) is 8.01. The number of anilines is 1. The second kappa shape index (κ2) is 10.2. The van der Waals surface area contributed by atoms with Crippen LogP contribution in [-0.4, -0.2) is 53.5 Å². The van der Waals surface area contributed by atoms with Crippen LogP contribution in [0, 0.1) is 5.82 Å². The molecule has 0 radical (unpaired) electrons. The number of ether oxygens (including phenoxy) is 1. The van der Waals surface area contributed by atoms with Crippen molar-refractivity contribution in [2.75, 3.05) is 33.1 Å². The lowest BCUT2D eigenvalue weighted by molar-refractivity contribution is -0.128. The SMILES string of the molecule is CNc1nc(-c2cccnc2)nc2c(OCCCC(=O)N(C)C)cc(-c3ccc(F)cc3)cc12. The van der Waals surface area contributed by atoms with Crippen molar-refractivity contribution in [3.63, 3.8) is 0 Å². The molecule has 4 rings (SSSR count). The van der Waals surface area contributed by atoms with Crippen molar-refractivity contribution < 1.29 is 13.9 Å². The second-order valence-corrected chi connectivity index (χ2v) is 8.01. The number of fused-ring (bicyclic) bond motifs is 1. The normalized spacial score (nSPS) is 10.8. The molecular formula is C26H26FN5O2. The third-order valence-electron chi connectivity index (χ3n) is 5.39. The molecule has 34 heavy (non-hydrogen) atoms. The van der Waals surface area contributed by atoms with Gasteiger partial charge < -0.3 is 15.0 Å². The number of halogens is 1. The van der Waals surface area contributed by atoms with E-state index in [1.807, 2.05) is 24.3 Å². The lowest BCUT2D eigenvalue weighted by atomic mass is 10.0. The van der Waals surface area contributed by atoms with E-state index in [9.17, 15) is 9.18 Å². The summed E-state index contributed by atoms with van der Waals surface area (Å²) < 4.78 is 19.6. The van der Waals surface area contributed by atoms with Crippen LogP contribution in [0.4, 0.5) is 10.2 Å². The summed E-state index contributed by atoms with van der Waals surface area (Å²) in [5, 5.41) is 3.93. The number of nitrogens with zero attached hydrogens (tertiary/aromatic N) is 4. The average molecular weight is 460 g/mol. The van der Waals surface area contributed by atoms with Crippen molar-refractivity contribution in [2.24, 2.45) is 0 Å². The van der Waals surface area contributed by atoms with Gasteiger partial charge in [0.1, 0.15) is 22.9 Å². The Morgan fingerprint density at radius 1 is 1.06 bits per heavy atom. The number of benzene rings is 2. The third-order valence-corrected chi connectivity index (χ3v) is 5.39. The number of nitrogens with one attached hydrogen (secondary N) is 1. The molecule has 0 aliphatic rings. The van der Waals surface area contributed by atoms with Crippen LogP contribution in [0.5, 0.6) is 5.75 Å². The molecule has 0 saturated carbocycles. The maximum atomic E-state index is 13.5. The Morgan fingerprint density at radius 3 is 2.53 bits per heavy atom. The molecule has 0 fully saturated rings. The van der Waals surface area contributed by atoms with Gasteiger partial charge in [0.05, 0.1) is 6.61 Å². The fourth-order valence-electron chi connectivity index (χ4n) is 3.56. The maximum Gasteiger partial charge on any atom is 0.222 e. The van der Waals surface area contributed by atoms with E-state index in [0.29, 0.717) is 42.4 Å². The zero-order valence-corrected chi connectivity index (χ0v) is 19.4. The minimum atomic E-state index is -0.299. The lowest BCUT2D eigenvalue weighted by Gasteiger charge is -2.15. The topological polar surface area (TPSA) is 80.2 Å². The predicted octanol–water partition coefficient (Wildman–Crippen LogP) is 4.79. The fraction of sp³-hybridized carbons (Fsp3) is 0.231. The molecule has 0 atom stereocenters. The highest BCUT2D eigenvalue weighted by Gasteiger charge is 2.16. The average Bonchev–Trinajstić information content (AvgIpc) is 2.86. The molecule has 1 N–H and O–H groups in total. The van der Waals surface area contributed by atoms with Crippen molar-refractivity contribution in [1.82, 2.24) is 19.9 Å². The first kappa shape index (κ1) is 23.1. The zero-order valence-electron chi connectivity index (χ0n) is 19.4. The maximum absolute atomic E-state index is 13.5. The number of hydrogen-bond acceptors (Lipinski definition) is 6. The van der Waals surface area contributed by atoms with Gasteiger partial charge in [0.2, 0.25) is 5.91 Å². The van der Waals surface area contributed by atoms with Crippen molar-refractivity contribution in [3.8, 4) is 28.3 Å². The molecule has 0 unspecified atom stereocenters. The van der Waals surface area contributed by atoms with Crippen LogP contribution >= 0.6 is 0 Å². The Bertz CT molecular complexity index is 1290. The smallest absolute Gasteiger partial charge is 0.222 e. The molecule has 2 heterocycles. The monoisotopic (exact) mass is 459 g/mol. The molecule has 2 aromatic heterocycles. The number of amides is 1. The Labute approximate surface area is 197 Å². The molecule has 4 aromatic rings. The van der Waals surface area contributed by atoms with Crippen molar-refractivity contribution in [2.45, 2.75) is 12.8 Å². The Kier molecular flexibility index (Phi) is 6.96. The molecule has 174 valence electrons. The van der Waals surface area contributed by atoms with Crippen LogP contribution < -0.4 is 10.1 Å². The minimum Gasteiger partial charge on any atom is -0.491 e. The standard InChI is InChI=1S/C26H26FN5O2/c1-28-26-21-14-19(17-8-10-20(27)11-9-17)15-22(34-13-5-7-23(33)32(2)3)24(21)30-25(31-26)18-6-4-12-29-16-18/h4,6,8-12,14-16H,5,7,13H2,1-3H3,(H,28,30,31). The number of aromatic nitrogens is 3. The number of pyridine rings is 1. The summed E-state index contributed by atoms with van der Waals surface area (Å²) >= 11 is 0. The number of rotatable bonds is 8. The molecule has 0 aliphatic carbocycles. The van der Waals surface area contributed by atoms with Gasteiger partial charge in [-0.15, -0.1) is 0 Å². The number of hydrogen-bond donors (Lipinski definition) is 1. The van der Waals surface area contributed by atoms with Crippen LogP contribution in [0.25, 0.3) is 33.4 Å². The molecule has 0 saturated heterocycles. The van der Waals surface area contributed by atoms with Crippen LogP contribution in [0.3, 0.4) is 0 Å². The summed E-state index contributed by atoms with van der Waals surface area (Å²) in [6, 6.07) is 13.9. The van der Waals surface area contributed by atoms with E-state index in [1.54, 1.807) is 50.6 Å². The first-order valence-corrected chi connectivity index (χ1v) is 11.0. The van der Waals surface area contributed by atoms with Gasteiger partial charge in [0.15, 0.2) is 5.82 Å². The van der Waals surface area contributed by atoms with Crippen LogP contribution in [0.15, 0.2) is 60.9 Å². The summed E-state index contributed by atoms with van der Waals surface area (Å²) in [5.74, 6) is 1.48. The zero-order chi connectivity index (χ0) is 24.1. The molecule has 0 bridgehead atoms. The summed E-state index contributed by atoms with van der Waals surface area (Å²) in [5.41, 5.74) is 3.12. The van der Waals surface area contributed by atoms with Gasteiger partial charge in [-0.2, -0.15) is 0 Å². The summed E-state index contributed by atoms with van der Waals surface area (Å²) in [6.45, 7) is 0.350. The quantitative estimate of drug-likeness (QED) is 0.382. The van der Waals surface area contributed by atoms with Gasteiger partial charge in [-0.05, 0) is 53.9 Å². The largest absolute Gasteiger partial charge is 0.491 e. The van der Waals surface area contributed by atoms with Gasteiger partial charge in [-0.1, -0.05) is 12.1 Å². The van der Waals surface area contributed by atoms with E-state index < -0.39 is 0 Å². The number of carbonyl (C=O) groups excluding carboxylic acids is 1. The van der Waals surface area contributed by atoms with E-state index in [2.05, 4.69) is 10.3 Å². The van der Waals surface area contributed by atoms with E-state index in [-0.39, 0.29) is 11.7 Å². The van der Waals surface area contributed by atoms with Crippen LogP contribution in [0.2, 0.25) is 0 Å². The molecule has 2 aromatic carbocycles. The lowest BCUT2D eigenvalue weighted by Crippen LogP contribution is -2.21. The Hall–Kier alpha value is -4.07. The van der Waals surface area contributed by atoms with Gasteiger partial charge in [-0.25, -0.2) is 14.4 Å². The van der Waals surface area contributed by atoms with Gasteiger partial charge >= 0.3 is 0 Å². The molecule has 7 nitrogen and oxygen atoms in total. The van der Waals surface area contributed by atoms with Gasteiger partial charge in [-0.3, -0.25) is 9.78 Å². The van der Waals surface area contributed by atoms with Crippen molar-refractivity contribution in [3.05, 3.63) is 66.7 Å². The minimum absolute atomic E-state index is 0.0483. The first-order chi connectivity index (χ1) is 16.5. The van der Waals surface area contributed by atoms with Gasteiger partial charge in [0.25, 0.3) is 0 Å². The van der Waals surface area contributed by atoms with Crippen molar-refractivity contribution >= 4 is 22.6 Å². The fourth-order valence-corrected chi connectivity index (χ4v) is 3.56. The van der Waals surface area contributed by atoms with E-state index >= 15 is 0 Å². The highest BCUT2D eigenvalue weighted by molar-refractivity contribution is 5.97. The summed E-state index contributed by atoms with van der Waals surface area (Å²) in [4.78, 5) is 27.1. The summed E-state index contributed by atoms with van der Waals surface area (Å²) in [7, 11) is 5.27. The van der Waals surface area contributed by atoms with Gasteiger partial charge in [0, 0.05) is 50.9 Å². The predicted molar refractivity (Wildman–Crippen MR) is 131 cm³/mol. The van der Waals surface area contributed by atoms with E-state index in [0.717, 1.165) is 22.1 Å². The molecule has 1 amide bonds. The highest BCUT2D eigenvalue weighted by atomic mass is 19.1. The van der Waals surface area contributed by atoms with Crippen LogP contribution in [-0.2, 0) is 4.79 Å². The Morgan fingerprint density at radius 2 is 1.85 bits per heavy atom.